The first-order valence-corrected chi connectivity index (χ1v) is 24.2. The Labute approximate surface area is 421 Å². The molecule has 5 aliphatic rings. The number of amides is 3. The van der Waals surface area contributed by atoms with Gasteiger partial charge in [-0.15, -0.1) is 0 Å². The maximum absolute atomic E-state index is 15.3. The molecule has 0 spiro atoms. The van der Waals surface area contributed by atoms with Crippen LogP contribution in [0.15, 0.2) is 102 Å². The number of imide groups is 1. The summed E-state index contributed by atoms with van der Waals surface area (Å²) < 4.78 is 36.1. The average Bonchev–Trinajstić information content (AvgIpc) is 3.60. The van der Waals surface area contributed by atoms with Crippen LogP contribution in [0.25, 0.3) is 0 Å². The zero-order valence-electron chi connectivity index (χ0n) is 41.3. The molecule has 12 atom stereocenters. The van der Waals surface area contributed by atoms with E-state index in [1.165, 1.54) is 52.0 Å². The molecule has 4 fully saturated rings. The normalized spacial score (nSPS) is 31.1. The third kappa shape index (κ3) is 9.37. The minimum Gasteiger partial charge on any atom is -0.455 e. The van der Waals surface area contributed by atoms with Crippen molar-refractivity contribution in [3.8, 4) is 0 Å². The SMILES string of the molecule is CC(=O)O[C@@]12CO[C@@H]1C[C@H](O)[C@@]1(C)C(=O)[C@H](O)C3=C(C)C(OC(=O)C(OC(=O)COCCN4C(=O)CC(C)C4=O)C(NC(=O)c4ccccc4)c4ccccc4)C[C@@](O)(C(OC(=O)c4ccccc4)C12)C3(C)C. The van der Waals surface area contributed by atoms with Crippen molar-refractivity contribution in [2.24, 2.45) is 22.7 Å². The van der Waals surface area contributed by atoms with Gasteiger partial charge in [-0.3, -0.25) is 28.9 Å². The number of fused-ring (bicyclic) bond motifs is 5. The Morgan fingerprint density at radius 2 is 1.49 bits per heavy atom. The van der Waals surface area contributed by atoms with E-state index < -0.39 is 131 Å². The van der Waals surface area contributed by atoms with Crippen LogP contribution in [0.3, 0.4) is 0 Å². The molecule has 0 aromatic heterocycles. The van der Waals surface area contributed by atoms with Crippen LogP contribution in [0.2, 0.25) is 0 Å². The number of ketones is 1. The number of hydrogen-bond donors (Lipinski definition) is 4. The minimum absolute atomic E-state index is 0.0363. The predicted octanol–water partition coefficient (Wildman–Crippen LogP) is 3.13. The summed E-state index contributed by atoms with van der Waals surface area (Å²) in [6, 6.07) is 22.4. The van der Waals surface area contributed by atoms with Crippen molar-refractivity contribution in [3.63, 3.8) is 0 Å². The van der Waals surface area contributed by atoms with E-state index in [9.17, 15) is 44.1 Å². The summed E-state index contributed by atoms with van der Waals surface area (Å²) in [5, 5.41) is 41.1. The molecule has 3 aliphatic carbocycles. The molecule has 2 bridgehead atoms. The Kier molecular flexibility index (Phi) is 14.7. The summed E-state index contributed by atoms with van der Waals surface area (Å²) in [5.74, 6) is -8.70. The number of likely N-dealkylation sites (tertiary alicyclic amines) is 1. The Hall–Kier alpha value is -6.64. The van der Waals surface area contributed by atoms with Crippen molar-refractivity contribution < 1.29 is 82.1 Å². The minimum atomic E-state index is -2.47. The van der Waals surface area contributed by atoms with Gasteiger partial charge in [-0.25, -0.2) is 14.4 Å². The van der Waals surface area contributed by atoms with Gasteiger partial charge in [0.2, 0.25) is 17.9 Å². The molecule has 2 aliphatic heterocycles. The van der Waals surface area contributed by atoms with Crippen molar-refractivity contribution >= 4 is 47.4 Å². The standard InChI is InChI=1S/C54H60N2O17/c1-29-24-38(59)56(48(29)64)22-23-68-27-39(60)71-43(41(32-16-10-7-11-17-32)55-47(63)33-18-12-8-13-19-33)50(66)70-35-26-54(67)46(72-49(65)34-20-14-9-15-21-34)44-52(6,45(62)42(61)40(30(35)2)51(54,4)5)36(58)25-37-53(44,28-69-37)73-31(3)57/h7-21,29,35-37,41-44,46,58,61,67H,22-28H2,1-6H3,(H,55,63)/t29?,35?,36-,37+,41?,42+,43?,44?,46?,52+,53-,54+/m0/s1. The van der Waals surface area contributed by atoms with Crippen LogP contribution < -0.4 is 5.32 Å². The maximum atomic E-state index is 15.3. The molecule has 19 nitrogen and oxygen atoms in total. The number of Topliss-reactive ketones (excluding diaryl/α,β-unsaturated/α-hetero) is 1. The lowest BCUT2D eigenvalue weighted by Crippen LogP contribution is -2.81. The number of hydrogen-bond acceptors (Lipinski definition) is 17. The van der Waals surface area contributed by atoms with E-state index in [-0.39, 0.29) is 66.3 Å². The van der Waals surface area contributed by atoms with Gasteiger partial charge in [0, 0.05) is 43.1 Å². The Balaban J connectivity index is 1.20. The lowest BCUT2D eigenvalue weighted by molar-refractivity contribution is -0.346. The van der Waals surface area contributed by atoms with Gasteiger partial charge in [0.1, 0.15) is 42.7 Å². The van der Waals surface area contributed by atoms with Crippen molar-refractivity contribution in [1.29, 1.82) is 0 Å². The third-order valence-corrected chi connectivity index (χ3v) is 15.6. The van der Waals surface area contributed by atoms with Crippen molar-refractivity contribution in [2.45, 2.75) is 115 Å². The Morgan fingerprint density at radius 3 is 2.07 bits per heavy atom. The summed E-state index contributed by atoms with van der Waals surface area (Å²) in [5.41, 5.74) is -7.64. The topological polar surface area (TPSA) is 268 Å². The molecule has 388 valence electrons. The van der Waals surface area contributed by atoms with E-state index in [0.29, 0.717) is 0 Å². The van der Waals surface area contributed by atoms with Crippen molar-refractivity contribution in [1.82, 2.24) is 10.2 Å². The highest BCUT2D eigenvalue weighted by Gasteiger charge is 2.78. The first-order chi connectivity index (χ1) is 34.6. The second kappa shape index (κ2) is 20.3. The van der Waals surface area contributed by atoms with Gasteiger partial charge in [-0.05, 0) is 54.8 Å². The zero-order chi connectivity index (χ0) is 52.8. The molecule has 6 unspecified atom stereocenters. The number of ether oxygens (including phenoxy) is 6. The number of rotatable bonds is 15. The fourth-order valence-corrected chi connectivity index (χ4v) is 11.6. The highest BCUT2D eigenvalue weighted by Crippen LogP contribution is 2.64. The van der Waals surface area contributed by atoms with Gasteiger partial charge in [0.25, 0.3) is 5.91 Å². The largest absolute Gasteiger partial charge is 0.455 e. The smallest absolute Gasteiger partial charge is 0.350 e. The molecule has 4 N–H and O–H groups in total. The van der Waals surface area contributed by atoms with E-state index in [1.54, 1.807) is 73.7 Å². The van der Waals surface area contributed by atoms with Crippen LogP contribution in [-0.4, -0.2) is 142 Å². The van der Waals surface area contributed by atoms with E-state index >= 15 is 9.59 Å². The fourth-order valence-electron chi connectivity index (χ4n) is 11.6. The Bertz CT molecular complexity index is 2690. The van der Waals surface area contributed by atoms with Crippen LogP contribution >= 0.6 is 0 Å². The molecular formula is C54H60N2O17. The molecule has 3 aromatic rings. The van der Waals surface area contributed by atoms with E-state index in [4.69, 9.17) is 28.4 Å². The lowest BCUT2D eigenvalue weighted by atomic mass is 9.44. The van der Waals surface area contributed by atoms with E-state index in [2.05, 4.69) is 5.32 Å². The third-order valence-electron chi connectivity index (χ3n) is 15.6. The number of nitrogens with zero attached hydrogens (tertiary/aromatic N) is 1. The number of esters is 4. The highest BCUT2D eigenvalue weighted by atomic mass is 16.6. The van der Waals surface area contributed by atoms with Crippen molar-refractivity contribution in [2.75, 3.05) is 26.4 Å². The first-order valence-electron chi connectivity index (χ1n) is 24.2. The molecule has 2 heterocycles. The lowest BCUT2D eigenvalue weighted by Gasteiger charge is -2.67. The van der Waals surface area contributed by atoms with Gasteiger partial charge in [0.05, 0.1) is 42.8 Å². The predicted molar refractivity (Wildman–Crippen MR) is 253 cm³/mol. The van der Waals surface area contributed by atoms with Crippen molar-refractivity contribution in [3.05, 3.63) is 119 Å². The molecule has 0 radical (unpaired) electrons. The number of benzene rings is 3. The second-order valence-corrected chi connectivity index (χ2v) is 20.3. The number of aliphatic hydroxyl groups excluding tert-OH is 2. The zero-order valence-corrected chi connectivity index (χ0v) is 41.3. The monoisotopic (exact) mass is 1010 g/mol. The fraction of sp³-hybridized carbons (Fsp3) is 0.481. The second-order valence-electron chi connectivity index (χ2n) is 20.3. The molecule has 73 heavy (non-hydrogen) atoms. The number of aliphatic hydroxyl groups is 3. The Morgan fingerprint density at radius 1 is 0.877 bits per heavy atom. The van der Waals surface area contributed by atoms with Gasteiger partial charge >= 0.3 is 23.9 Å². The van der Waals surface area contributed by atoms with Crippen LogP contribution in [0.1, 0.15) is 93.1 Å². The van der Waals surface area contributed by atoms with E-state index in [0.717, 1.165) is 11.8 Å². The summed E-state index contributed by atoms with van der Waals surface area (Å²) in [7, 11) is 0. The van der Waals surface area contributed by atoms with Crippen LogP contribution in [-0.2, 0) is 57.2 Å². The van der Waals surface area contributed by atoms with Crippen LogP contribution in [0.4, 0.5) is 0 Å². The molecule has 2 saturated heterocycles. The molecule has 19 heteroatoms. The van der Waals surface area contributed by atoms with Gasteiger partial charge in [-0.1, -0.05) is 87.5 Å². The van der Waals surface area contributed by atoms with Gasteiger partial charge in [-0.2, -0.15) is 0 Å². The molecule has 8 rings (SSSR count). The van der Waals surface area contributed by atoms with Crippen LogP contribution in [0.5, 0.6) is 0 Å². The maximum Gasteiger partial charge on any atom is 0.350 e. The van der Waals surface area contributed by atoms with Gasteiger partial charge in [0.15, 0.2) is 11.4 Å². The van der Waals surface area contributed by atoms with Crippen LogP contribution in [0, 0.1) is 22.7 Å². The quantitative estimate of drug-likeness (QED) is 0.0560. The molecular weight excluding hydrogens is 949 g/mol. The number of nitrogens with one attached hydrogen (secondary N) is 1. The molecule has 3 amide bonds. The summed E-state index contributed by atoms with van der Waals surface area (Å²) in [4.78, 5) is 112. The summed E-state index contributed by atoms with van der Waals surface area (Å²) in [6.07, 6.45) is -11.1. The number of carbonyl (C=O) groups is 8. The highest BCUT2D eigenvalue weighted by molar-refractivity contribution is 6.03. The average molecular weight is 1010 g/mol. The molecule has 3 aromatic carbocycles. The number of carbonyl (C=O) groups excluding carboxylic acids is 8. The summed E-state index contributed by atoms with van der Waals surface area (Å²) >= 11 is 0. The summed E-state index contributed by atoms with van der Waals surface area (Å²) in [6.45, 7) is 7.09. The molecule has 2 saturated carbocycles. The van der Waals surface area contributed by atoms with Gasteiger partial charge < -0.3 is 49.1 Å². The first kappa shape index (κ1) is 52.7. The van der Waals surface area contributed by atoms with E-state index in [1.807, 2.05) is 0 Å².